The van der Waals surface area contributed by atoms with Crippen LogP contribution in [-0.2, 0) is 14.6 Å². The molecule has 3 aromatic rings. The summed E-state index contributed by atoms with van der Waals surface area (Å²) in [5.41, 5.74) is 1.57. The maximum Gasteiger partial charge on any atom is 0.233 e. The smallest absolute Gasteiger partial charge is 0.233 e. The van der Waals surface area contributed by atoms with E-state index in [1.807, 2.05) is 37.3 Å². The lowest BCUT2D eigenvalue weighted by atomic mass is 10.2. The van der Waals surface area contributed by atoms with Gasteiger partial charge >= 0.3 is 0 Å². The third kappa shape index (κ3) is 4.13. The van der Waals surface area contributed by atoms with Gasteiger partial charge in [-0.1, -0.05) is 30.0 Å². The molecule has 0 saturated carbocycles. The Hall–Kier alpha value is -2.46. The van der Waals surface area contributed by atoms with Gasteiger partial charge in [-0.25, -0.2) is 23.1 Å². The van der Waals surface area contributed by atoms with E-state index in [1.54, 1.807) is 15.8 Å². The highest BCUT2D eigenvalue weighted by atomic mass is 32.2. The van der Waals surface area contributed by atoms with Crippen LogP contribution in [0.4, 0.5) is 0 Å². The van der Waals surface area contributed by atoms with Crippen molar-refractivity contribution in [1.82, 2.24) is 24.6 Å². The second kappa shape index (κ2) is 8.11. The van der Waals surface area contributed by atoms with Crippen LogP contribution in [0.2, 0.25) is 0 Å². The molecule has 1 atom stereocenters. The second-order valence-corrected chi connectivity index (χ2v) is 10.0. The summed E-state index contributed by atoms with van der Waals surface area (Å²) in [6.45, 7) is 2.37. The van der Waals surface area contributed by atoms with Crippen LogP contribution in [0.15, 0.2) is 47.9 Å². The monoisotopic (exact) mass is 431 g/mol. The number of aromatic nitrogens is 4. The van der Waals surface area contributed by atoms with E-state index >= 15 is 0 Å². The molecule has 10 heteroatoms. The van der Waals surface area contributed by atoms with Crippen molar-refractivity contribution in [3.8, 4) is 5.69 Å². The number of nitrogens with zero attached hydrogens (tertiary/aromatic N) is 5. The van der Waals surface area contributed by atoms with Gasteiger partial charge in [-0.15, -0.1) is 0 Å². The number of benzene rings is 1. The van der Waals surface area contributed by atoms with Crippen molar-refractivity contribution in [2.75, 3.05) is 23.8 Å². The van der Waals surface area contributed by atoms with Crippen LogP contribution in [0.5, 0.6) is 0 Å². The number of amides is 1. The van der Waals surface area contributed by atoms with E-state index in [0.717, 1.165) is 11.1 Å². The topological polar surface area (TPSA) is 98.1 Å². The van der Waals surface area contributed by atoms with Crippen molar-refractivity contribution >= 4 is 38.5 Å². The predicted octanol–water partition coefficient (Wildman–Crippen LogP) is 1.94. The lowest BCUT2D eigenvalue weighted by Crippen LogP contribution is -2.41. The van der Waals surface area contributed by atoms with E-state index in [4.69, 9.17) is 0 Å². The highest BCUT2D eigenvalue weighted by Crippen LogP contribution is 2.27. The molecule has 152 valence electrons. The zero-order valence-corrected chi connectivity index (χ0v) is 17.6. The summed E-state index contributed by atoms with van der Waals surface area (Å²) in [6.07, 6.45) is 3.68. The molecule has 1 saturated heterocycles. The van der Waals surface area contributed by atoms with Crippen molar-refractivity contribution in [3.63, 3.8) is 0 Å². The molecule has 2 aromatic heterocycles. The average molecular weight is 432 g/mol. The molecule has 29 heavy (non-hydrogen) atoms. The Morgan fingerprint density at radius 3 is 2.76 bits per heavy atom. The molecule has 0 aliphatic carbocycles. The van der Waals surface area contributed by atoms with E-state index in [9.17, 15) is 13.2 Å². The van der Waals surface area contributed by atoms with Crippen LogP contribution in [0.3, 0.4) is 0 Å². The molecule has 1 fully saturated rings. The van der Waals surface area contributed by atoms with Crippen LogP contribution in [0.1, 0.15) is 13.3 Å². The molecule has 0 spiro atoms. The molecular formula is C19H21N5O3S2. The van der Waals surface area contributed by atoms with E-state index in [0.29, 0.717) is 23.6 Å². The molecule has 1 aliphatic rings. The van der Waals surface area contributed by atoms with Crippen LogP contribution in [0.25, 0.3) is 16.7 Å². The first-order valence-electron chi connectivity index (χ1n) is 9.35. The van der Waals surface area contributed by atoms with Gasteiger partial charge in [-0.3, -0.25) is 4.79 Å². The number of para-hydroxylation sites is 1. The standard InChI is InChI=1S/C19H21N5O3S2/c1-2-23(15-8-9-29(26,27)12-15)17(25)11-28-19-16-10-22-24(18(16)20-13-21-19)14-6-4-3-5-7-14/h3-7,10,13,15H,2,8-9,11-12H2,1H3/t15-/m0/s1. The summed E-state index contributed by atoms with van der Waals surface area (Å²) < 4.78 is 25.3. The number of hydrogen-bond acceptors (Lipinski definition) is 7. The van der Waals surface area contributed by atoms with Crippen LogP contribution in [0, 0.1) is 0 Å². The summed E-state index contributed by atoms with van der Waals surface area (Å²) in [5.74, 6) is 0.313. The Morgan fingerprint density at radius 2 is 2.07 bits per heavy atom. The van der Waals surface area contributed by atoms with E-state index in [2.05, 4.69) is 15.1 Å². The Labute approximate surface area is 173 Å². The first-order valence-corrected chi connectivity index (χ1v) is 12.2. The maximum absolute atomic E-state index is 12.8. The minimum atomic E-state index is -3.04. The van der Waals surface area contributed by atoms with Crippen molar-refractivity contribution in [3.05, 3.63) is 42.9 Å². The maximum atomic E-state index is 12.8. The highest BCUT2D eigenvalue weighted by Gasteiger charge is 2.33. The lowest BCUT2D eigenvalue weighted by molar-refractivity contribution is -0.129. The van der Waals surface area contributed by atoms with Crippen molar-refractivity contribution < 1.29 is 13.2 Å². The van der Waals surface area contributed by atoms with Gasteiger partial charge in [-0.05, 0) is 25.5 Å². The normalized spacial score (nSPS) is 18.2. The Kier molecular flexibility index (Phi) is 5.55. The Bertz CT molecular complexity index is 1130. The summed E-state index contributed by atoms with van der Waals surface area (Å²) in [6, 6.07) is 9.46. The molecule has 3 heterocycles. The number of hydrogen-bond donors (Lipinski definition) is 0. The predicted molar refractivity (Wildman–Crippen MR) is 112 cm³/mol. The number of carbonyl (C=O) groups is 1. The molecule has 8 nitrogen and oxygen atoms in total. The van der Waals surface area contributed by atoms with E-state index in [-0.39, 0.29) is 29.2 Å². The molecule has 4 rings (SSSR count). The van der Waals surface area contributed by atoms with E-state index in [1.165, 1.54) is 18.1 Å². The fourth-order valence-corrected chi connectivity index (χ4v) is 6.15. The third-order valence-corrected chi connectivity index (χ3v) is 7.71. The molecule has 1 aliphatic heterocycles. The van der Waals surface area contributed by atoms with Gasteiger partial charge in [0, 0.05) is 12.6 Å². The van der Waals surface area contributed by atoms with Crippen LogP contribution in [-0.4, -0.2) is 68.8 Å². The minimum Gasteiger partial charge on any atom is -0.338 e. The van der Waals surface area contributed by atoms with Gasteiger partial charge in [0.1, 0.15) is 11.4 Å². The van der Waals surface area contributed by atoms with Crippen LogP contribution < -0.4 is 0 Å². The molecule has 0 unspecified atom stereocenters. The van der Waals surface area contributed by atoms with Gasteiger partial charge in [0.15, 0.2) is 15.5 Å². The first-order chi connectivity index (χ1) is 14.0. The van der Waals surface area contributed by atoms with Gasteiger partial charge < -0.3 is 4.90 Å². The summed E-state index contributed by atoms with van der Waals surface area (Å²) in [4.78, 5) is 23.1. The van der Waals surface area contributed by atoms with Gasteiger partial charge in [0.25, 0.3) is 0 Å². The average Bonchev–Trinajstić information content (AvgIpc) is 3.31. The van der Waals surface area contributed by atoms with Gasteiger partial charge in [-0.2, -0.15) is 5.10 Å². The molecule has 0 bridgehead atoms. The number of carbonyl (C=O) groups excluding carboxylic acids is 1. The zero-order valence-electron chi connectivity index (χ0n) is 15.9. The van der Waals surface area contributed by atoms with Crippen LogP contribution >= 0.6 is 11.8 Å². The van der Waals surface area contributed by atoms with Gasteiger partial charge in [0.2, 0.25) is 5.91 Å². The third-order valence-electron chi connectivity index (χ3n) is 4.97. The van der Waals surface area contributed by atoms with Crippen molar-refractivity contribution in [2.24, 2.45) is 0 Å². The summed E-state index contributed by atoms with van der Waals surface area (Å²) >= 11 is 1.32. The second-order valence-electron chi connectivity index (χ2n) is 6.83. The van der Waals surface area contributed by atoms with Crippen molar-refractivity contribution in [1.29, 1.82) is 0 Å². The highest BCUT2D eigenvalue weighted by molar-refractivity contribution is 8.00. The van der Waals surface area contributed by atoms with Gasteiger partial charge in [0.05, 0.1) is 34.5 Å². The largest absolute Gasteiger partial charge is 0.338 e. The number of sulfone groups is 1. The lowest BCUT2D eigenvalue weighted by Gasteiger charge is -2.26. The summed E-state index contributed by atoms with van der Waals surface area (Å²) in [7, 11) is -3.04. The fourth-order valence-electron chi connectivity index (χ4n) is 3.57. The van der Waals surface area contributed by atoms with Crippen molar-refractivity contribution in [2.45, 2.75) is 24.4 Å². The quantitative estimate of drug-likeness (QED) is 0.434. The molecule has 0 radical (unpaired) electrons. The fraction of sp³-hybridized carbons (Fsp3) is 0.368. The molecule has 0 N–H and O–H groups in total. The molecule has 1 aromatic carbocycles. The minimum absolute atomic E-state index is 0.0544. The number of rotatable bonds is 6. The summed E-state index contributed by atoms with van der Waals surface area (Å²) in [5, 5.41) is 5.88. The SMILES string of the molecule is CCN(C(=O)CSc1ncnc2c1cnn2-c1ccccc1)[C@H]1CCS(=O)(=O)C1. The molecule has 1 amide bonds. The zero-order chi connectivity index (χ0) is 20.4. The first kappa shape index (κ1) is 19.8. The Morgan fingerprint density at radius 1 is 1.28 bits per heavy atom. The van der Waals surface area contributed by atoms with E-state index < -0.39 is 9.84 Å². The number of thioether (sulfide) groups is 1. The number of fused-ring (bicyclic) bond motifs is 1. The molecular weight excluding hydrogens is 410 g/mol. The Balaban J connectivity index is 1.51.